The summed E-state index contributed by atoms with van der Waals surface area (Å²) in [4.78, 5) is 30.3. The van der Waals surface area contributed by atoms with E-state index >= 15 is 0 Å². The van der Waals surface area contributed by atoms with Gasteiger partial charge in [-0.15, -0.1) is 0 Å². The number of pyridine rings is 1. The number of anilines is 1. The molecule has 4 rings (SSSR count). The summed E-state index contributed by atoms with van der Waals surface area (Å²) in [5, 5.41) is 9.87. The predicted octanol–water partition coefficient (Wildman–Crippen LogP) is 3.03. The minimum atomic E-state index is -0.801. The lowest BCUT2D eigenvalue weighted by atomic mass is 9.95. The Balaban J connectivity index is 1.46. The number of nitrogen functional groups attached to an aromatic ring is 1. The molecule has 1 aliphatic heterocycles. The largest absolute Gasteiger partial charge is 0.384 e. The lowest BCUT2D eigenvalue weighted by molar-refractivity contribution is -0.130. The van der Waals surface area contributed by atoms with Crippen molar-refractivity contribution in [3.8, 4) is 0 Å². The molecule has 34 heavy (non-hydrogen) atoms. The van der Waals surface area contributed by atoms with Gasteiger partial charge in [-0.3, -0.25) is 9.59 Å². The van der Waals surface area contributed by atoms with E-state index in [0.717, 1.165) is 16.7 Å². The zero-order chi connectivity index (χ0) is 24.1. The lowest BCUT2D eigenvalue weighted by Gasteiger charge is -2.27. The molecule has 2 heterocycles. The summed E-state index contributed by atoms with van der Waals surface area (Å²) >= 11 is 12.2. The van der Waals surface area contributed by atoms with Gasteiger partial charge in [0, 0.05) is 25.7 Å². The van der Waals surface area contributed by atoms with Crippen LogP contribution < -0.4 is 21.7 Å². The fourth-order valence-corrected chi connectivity index (χ4v) is 4.20. The molecule has 0 fully saturated rings. The minimum absolute atomic E-state index is 0.233. The molecular weight excluding hydrogens is 473 g/mol. The van der Waals surface area contributed by atoms with Gasteiger partial charge in [-0.1, -0.05) is 59.6 Å². The maximum absolute atomic E-state index is 13.1. The first-order valence-electron chi connectivity index (χ1n) is 10.9. The molecule has 3 aromatic rings. The number of carbonyl (C=O) groups excluding carboxylic acids is 2. The Labute approximate surface area is 208 Å². The number of hydrogen-bond donors (Lipinski definition) is 4. The zero-order valence-corrected chi connectivity index (χ0v) is 19.9. The van der Waals surface area contributed by atoms with E-state index in [1.807, 2.05) is 24.3 Å². The first-order chi connectivity index (χ1) is 16.4. The molecule has 1 aliphatic rings. The van der Waals surface area contributed by atoms with Crippen LogP contribution in [0.1, 0.15) is 22.3 Å². The number of carbonyl (C=O) groups is 2. The van der Waals surface area contributed by atoms with Crippen LogP contribution in [0.4, 0.5) is 5.82 Å². The third-order valence-electron chi connectivity index (χ3n) is 5.77. The highest BCUT2D eigenvalue weighted by Crippen LogP contribution is 2.23. The number of aromatic nitrogens is 1. The summed E-state index contributed by atoms with van der Waals surface area (Å²) in [6.07, 6.45) is 2.42. The molecule has 9 heteroatoms. The maximum atomic E-state index is 13.1. The Morgan fingerprint density at radius 2 is 1.82 bits per heavy atom. The Morgan fingerprint density at radius 3 is 2.56 bits per heavy atom. The molecule has 0 saturated carbocycles. The van der Waals surface area contributed by atoms with E-state index in [9.17, 15) is 9.59 Å². The van der Waals surface area contributed by atoms with E-state index in [0.29, 0.717) is 28.8 Å². The quantitative estimate of drug-likeness (QED) is 0.401. The molecule has 0 saturated heterocycles. The van der Waals surface area contributed by atoms with Gasteiger partial charge in [-0.25, -0.2) is 4.98 Å². The topological polar surface area (TPSA) is 109 Å². The van der Waals surface area contributed by atoms with Crippen molar-refractivity contribution in [3.63, 3.8) is 0 Å². The second-order valence-corrected chi connectivity index (χ2v) is 9.04. The number of nitrogens with zero attached hydrogens (tertiary/aromatic N) is 1. The van der Waals surface area contributed by atoms with Crippen molar-refractivity contribution in [1.29, 1.82) is 0 Å². The van der Waals surface area contributed by atoms with Crippen molar-refractivity contribution >= 4 is 40.8 Å². The minimum Gasteiger partial charge on any atom is -0.384 e. The van der Waals surface area contributed by atoms with Crippen molar-refractivity contribution in [2.24, 2.45) is 0 Å². The normalized spacial score (nSPS) is 15.8. The Hall–Kier alpha value is -3.13. The summed E-state index contributed by atoms with van der Waals surface area (Å²) in [5.74, 6) is -0.141. The van der Waals surface area contributed by atoms with E-state index < -0.39 is 12.1 Å². The van der Waals surface area contributed by atoms with Gasteiger partial charge in [0.2, 0.25) is 11.8 Å². The second kappa shape index (κ2) is 10.9. The molecule has 0 aliphatic carbocycles. The summed E-state index contributed by atoms with van der Waals surface area (Å²) in [6.45, 7) is 0.858. The highest BCUT2D eigenvalue weighted by molar-refractivity contribution is 6.42. The van der Waals surface area contributed by atoms with Crippen molar-refractivity contribution < 1.29 is 9.59 Å². The first-order valence-corrected chi connectivity index (χ1v) is 11.7. The average molecular weight is 498 g/mol. The number of fused-ring (bicyclic) bond motifs is 1. The van der Waals surface area contributed by atoms with Crippen LogP contribution in [-0.2, 0) is 35.5 Å². The lowest BCUT2D eigenvalue weighted by Crippen LogP contribution is -2.54. The van der Waals surface area contributed by atoms with Crippen LogP contribution in [0.3, 0.4) is 0 Å². The zero-order valence-electron chi connectivity index (χ0n) is 18.4. The van der Waals surface area contributed by atoms with E-state index in [1.165, 1.54) is 5.56 Å². The summed E-state index contributed by atoms with van der Waals surface area (Å²) in [7, 11) is 0. The fourth-order valence-electron chi connectivity index (χ4n) is 3.88. The van der Waals surface area contributed by atoms with Crippen molar-refractivity contribution in [1.82, 2.24) is 20.9 Å². The third-order valence-corrected chi connectivity index (χ3v) is 6.51. The van der Waals surface area contributed by atoms with Crippen molar-refractivity contribution in [2.75, 3.05) is 5.73 Å². The second-order valence-electron chi connectivity index (χ2n) is 8.23. The van der Waals surface area contributed by atoms with E-state index in [2.05, 4.69) is 20.9 Å². The van der Waals surface area contributed by atoms with Gasteiger partial charge < -0.3 is 21.7 Å². The van der Waals surface area contributed by atoms with Gasteiger partial charge in [-0.05, 0) is 46.9 Å². The predicted molar refractivity (Wildman–Crippen MR) is 133 cm³/mol. The number of amides is 2. The third kappa shape index (κ3) is 6.05. The Kier molecular flexibility index (Phi) is 7.67. The number of nitrogens with one attached hydrogen (secondary N) is 3. The molecule has 176 valence electrons. The van der Waals surface area contributed by atoms with E-state index in [-0.39, 0.29) is 24.8 Å². The highest BCUT2D eigenvalue weighted by atomic mass is 35.5. The molecule has 2 amide bonds. The van der Waals surface area contributed by atoms with Crippen LogP contribution in [0, 0.1) is 0 Å². The monoisotopic (exact) mass is 497 g/mol. The molecule has 0 radical (unpaired) electrons. The SMILES string of the molecule is Nc1ccc(CNC(=O)[C@H](Cc2ccc(Cl)c(Cl)c2)NC(=O)[C@H]2Cc3ccccc3CN2)cn1. The molecule has 5 N–H and O–H groups in total. The number of halogens is 2. The fraction of sp³-hybridized carbons (Fsp3) is 0.240. The summed E-state index contributed by atoms with van der Waals surface area (Å²) < 4.78 is 0. The van der Waals surface area contributed by atoms with Gasteiger partial charge in [-0.2, -0.15) is 0 Å². The molecule has 2 atom stereocenters. The molecule has 0 spiro atoms. The smallest absolute Gasteiger partial charge is 0.243 e. The summed E-state index contributed by atoms with van der Waals surface area (Å²) in [5.41, 5.74) is 9.51. The molecular formula is C25H25Cl2N5O2. The number of benzene rings is 2. The van der Waals surface area contributed by atoms with Gasteiger partial charge >= 0.3 is 0 Å². The Bertz CT molecular complexity index is 1190. The molecule has 2 aromatic carbocycles. The van der Waals surface area contributed by atoms with Gasteiger partial charge in [0.1, 0.15) is 11.9 Å². The standard InChI is InChI=1S/C25H25Cl2N5O2/c26-19-7-5-15(9-20(19)27)10-22(24(33)31-13-16-6-8-23(28)30-12-16)32-25(34)21-11-17-3-1-2-4-18(17)14-29-21/h1-9,12,21-22,29H,10-11,13-14H2,(H2,28,30)(H,31,33)(H,32,34)/t21-,22+/m1/s1. The van der Waals surface area contributed by atoms with Crippen LogP contribution in [-0.4, -0.2) is 28.9 Å². The average Bonchev–Trinajstić information content (AvgIpc) is 2.85. The summed E-state index contributed by atoms with van der Waals surface area (Å²) in [6, 6.07) is 15.4. The van der Waals surface area contributed by atoms with Crippen LogP contribution in [0.5, 0.6) is 0 Å². The Morgan fingerprint density at radius 1 is 1.06 bits per heavy atom. The van der Waals surface area contributed by atoms with Crippen LogP contribution in [0.25, 0.3) is 0 Å². The van der Waals surface area contributed by atoms with Gasteiger partial charge in [0.05, 0.1) is 16.1 Å². The molecule has 7 nitrogen and oxygen atoms in total. The molecule has 0 unspecified atom stereocenters. The van der Waals surface area contributed by atoms with E-state index in [4.69, 9.17) is 28.9 Å². The highest BCUT2D eigenvalue weighted by Gasteiger charge is 2.28. The van der Waals surface area contributed by atoms with Crippen molar-refractivity contribution in [3.05, 3.63) is 93.1 Å². The first kappa shape index (κ1) is 24.0. The number of hydrogen-bond acceptors (Lipinski definition) is 5. The number of nitrogens with two attached hydrogens (primary N) is 1. The maximum Gasteiger partial charge on any atom is 0.243 e. The van der Waals surface area contributed by atoms with Crippen LogP contribution in [0.2, 0.25) is 10.0 Å². The molecule has 0 bridgehead atoms. The van der Waals surface area contributed by atoms with Crippen LogP contribution >= 0.6 is 23.2 Å². The van der Waals surface area contributed by atoms with Crippen molar-refractivity contribution in [2.45, 2.75) is 38.0 Å². The van der Waals surface area contributed by atoms with Gasteiger partial charge in [0.15, 0.2) is 0 Å². The molecule has 1 aromatic heterocycles. The van der Waals surface area contributed by atoms with Gasteiger partial charge in [0.25, 0.3) is 0 Å². The van der Waals surface area contributed by atoms with E-state index in [1.54, 1.807) is 36.5 Å². The van der Waals surface area contributed by atoms with Crippen LogP contribution in [0.15, 0.2) is 60.8 Å². The number of rotatable bonds is 7.